The van der Waals surface area contributed by atoms with Crippen LogP contribution in [0.25, 0.3) is 0 Å². The Morgan fingerprint density at radius 2 is 2.00 bits per heavy atom. The number of nitrogen functional groups attached to an aromatic ring is 1. The van der Waals surface area contributed by atoms with Gasteiger partial charge in [0.25, 0.3) is 5.91 Å². The van der Waals surface area contributed by atoms with Crippen molar-refractivity contribution in [2.45, 2.75) is 13.3 Å². The molecule has 0 unspecified atom stereocenters. The zero-order chi connectivity index (χ0) is 13.8. The first-order chi connectivity index (χ1) is 9.11. The van der Waals surface area contributed by atoms with Crippen molar-refractivity contribution in [3.63, 3.8) is 0 Å². The summed E-state index contributed by atoms with van der Waals surface area (Å²) in [5.74, 6) is -0.648. The number of hydrogen-bond donors (Lipinski definition) is 1. The summed E-state index contributed by atoms with van der Waals surface area (Å²) in [6.45, 7) is 6.39. The Kier molecular flexibility index (Phi) is 4.37. The number of piperazine rings is 1. The van der Waals surface area contributed by atoms with Crippen LogP contribution in [0.4, 0.5) is 10.1 Å². The molecule has 0 aromatic heterocycles. The lowest BCUT2D eigenvalue weighted by Gasteiger charge is -2.34. The fourth-order valence-corrected chi connectivity index (χ4v) is 2.33. The number of anilines is 1. The van der Waals surface area contributed by atoms with Crippen molar-refractivity contribution >= 4 is 11.6 Å². The Hall–Kier alpha value is -1.62. The van der Waals surface area contributed by atoms with Crippen LogP contribution in [0.1, 0.15) is 23.7 Å². The second kappa shape index (κ2) is 6.02. The van der Waals surface area contributed by atoms with Gasteiger partial charge in [-0.15, -0.1) is 0 Å². The first-order valence-corrected chi connectivity index (χ1v) is 6.68. The lowest BCUT2D eigenvalue weighted by molar-refractivity contribution is 0.0637. The highest BCUT2D eigenvalue weighted by Gasteiger charge is 2.22. The Bertz CT molecular complexity index is 456. The van der Waals surface area contributed by atoms with Gasteiger partial charge in [0.1, 0.15) is 5.82 Å². The minimum absolute atomic E-state index is 0.0734. The van der Waals surface area contributed by atoms with Crippen LogP contribution in [0.3, 0.4) is 0 Å². The van der Waals surface area contributed by atoms with Crippen molar-refractivity contribution in [1.82, 2.24) is 9.80 Å². The van der Waals surface area contributed by atoms with Crippen LogP contribution in [0.5, 0.6) is 0 Å². The Labute approximate surface area is 113 Å². The first kappa shape index (κ1) is 13.8. The number of carbonyl (C=O) groups excluding carboxylic acids is 1. The molecule has 19 heavy (non-hydrogen) atoms. The smallest absolute Gasteiger partial charge is 0.254 e. The second-order valence-corrected chi connectivity index (χ2v) is 4.87. The molecule has 1 aliphatic heterocycles. The third kappa shape index (κ3) is 3.23. The van der Waals surface area contributed by atoms with E-state index in [1.54, 1.807) is 11.0 Å². The maximum absolute atomic E-state index is 13.4. The molecule has 1 fully saturated rings. The van der Waals surface area contributed by atoms with Crippen LogP contribution in [0.15, 0.2) is 18.2 Å². The van der Waals surface area contributed by atoms with Crippen LogP contribution in [-0.2, 0) is 0 Å². The molecular weight excluding hydrogens is 245 g/mol. The van der Waals surface area contributed by atoms with E-state index >= 15 is 0 Å². The number of rotatable bonds is 3. The molecular formula is C14H20FN3O. The first-order valence-electron chi connectivity index (χ1n) is 6.68. The molecule has 0 atom stereocenters. The van der Waals surface area contributed by atoms with Crippen molar-refractivity contribution < 1.29 is 9.18 Å². The van der Waals surface area contributed by atoms with E-state index in [0.717, 1.165) is 26.1 Å². The Morgan fingerprint density at radius 3 is 2.58 bits per heavy atom. The van der Waals surface area contributed by atoms with Gasteiger partial charge in [-0.05, 0) is 31.2 Å². The van der Waals surface area contributed by atoms with Crippen molar-refractivity contribution in [2.75, 3.05) is 38.5 Å². The van der Waals surface area contributed by atoms with E-state index in [4.69, 9.17) is 5.73 Å². The molecule has 1 aromatic rings. The van der Waals surface area contributed by atoms with Gasteiger partial charge >= 0.3 is 0 Å². The molecule has 1 aliphatic rings. The van der Waals surface area contributed by atoms with E-state index in [9.17, 15) is 9.18 Å². The van der Waals surface area contributed by atoms with Gasteiger partial charge in [-0.2, -0.15) is 0 Å². The Morgan fingerprint density at radius 1 is 1.32 bits per heavy atom. The average molecular weight is 265 g/mol. The number of carbonyl (C=O) groups is 1. The van der Waals surface area contributed by atoms with E-state index in [2.05, 4.69) is 11.8 Å². The highest BCUT2D eigenvalue weighted by atomic mass is 19.1. The van der Waals surface area contributed by atoms with Gasteiger partial charge in [0.05, 0.1) is 5.69 Å². The molecule has 0 bridgehead atoms. The highest BCUT2D eigenvalue weighted by Crippen LogP contribution is 2.15. The summed E-state index contributed by atoms with van der Waals surface area (Å²) < 4.78 is 13.4. The average Bonchev–Trinajstić information content (AvgIpc) is 2.42. The number of halogens is 1. The topological polar surface area (TPSA) is 49.6 Å². The zero-order valence-electron chi connectivity index (χ0n) is 11.2. The van der Waals surface area contributed by atoms with Gasteiger partial charge in [0.15, 0.2) is 0 Å². The standard InChI is InChI=1S/C14H20FN3O/c1-2-5-17-6-8-18(9-7-17)14(19)11-3-4-13(16)12(15)10-11/h3-4,10H,2,5-9,16H2,1H3. The molecule has 1 amide bonds. The SMILES string of the molecule is CCCN1CCN(C(=O)c2ccc(N)c(F)c2)CC1. The summed E-state index contributed by atoms with van der Waals surface area (Å²) in [5.41, 5.74) is 5.86. The molecule has 2 N–H and O–H groups in total. The van der Waals surface area contributed by atoms with Crippen LogP contribution in [-0.4, -0.2) is 48.4 Å². The van der Waals surface area contributed by atoms with Gasteiger partial charge in [0.2, 0.25) is 0 Å². The fourth-order valence-electron chi connectivity index (χ4n) is 2.33. The zero-order valence-corrected chi connectivity index (χ0v) is 11.2. The second-order valence-electron chi connectivity index (χ2n) is 4.87. The molecule has 2 rings (SSSR count). The van der Waals surface area contributed by atoms with Crippen molar-refractivity contribution in [3.8, 4) is 0 Å². The van der Waals surface area contributed by atoms with E-state index in [1.165, 1.54) is 12.1 Å². The summed E-state index contributed by atoms with van der Waals surface area (Å²) in [6.07, 6.45) is 1.12. The van der Waals surface area contributed by atoms with Crippen LogP contribution in [0, 0.1) is 5.82 Å². The molecule has 0 aliphatic carbocycles. The van der Waals surface area contributed by atoms with E-state index in [1.807, 2.05) is 0 Å². The van der Waals surface area contributed by atoms with Crippen molar-refractivity contribution in [2.24, 2.45) is 0 Å². The molecule has 104 valence electrons. The third-order valence-corrected chi connectivity index (χ3v) is 3.45. The molecule has 4 nitrogen and oxygen atoms in total. The Balaban J connectivity index is 1.99. The minimum atomic E-state index is -0.532. The highest BCUT2D eigenvalue weighted by molar-refractivity contribution is 5.94. The maximum Gasteiger partial charge on any atom is 0.254 e. The van der Waals surface area contributed by atoms with E-state index < -0.39 is 5.82 Å². The summed E-state index contributed by atoms with van der Waals surface area (Å²) in [4.78, 5) is 16.3. The molecule has 5 heteroatoms. The number of nitrogens with zero attached hydrogens (tertiary/aromatic N) is 2. The van der Waals surface area contributed by atoms with Gasteiger partial charge in [-0.25, -0.2) is 4.39 Å². The fraction of sp³-hybridized carbons (Fsp3) is 0.500. The monoisotopic (exact) mass is 265 g/mol. The summed E-state index contributed by atoms with van der Waals surface area (Å²) in [7, 11) is 0. The molecule has 0 spiro atoms. The molecule has 1 heterocycles. The van der Waals surface area contributed by atoms with Crippen LogP contribution < -0.4 is 5.73 Å². The van der Waals surface area contributed by atoms with Crippen molar-refractivity contribution in [3.05, 3.63) is 29.6 Å². The predicted octanol–water partition coefficient (Wildman–Crippen LogP) is 1.58. The van der Waals surface area contributed by atoms with Crippen LogP contribution in [0.2, 0.25) is 0 Å². The normalized spacial score (nSPS) is 16.6. The lowest BCUT2D eigenvalue weighted by Crippen LogP contribution is -2.48. The largest absolute Gasteiger partial charge is 0.396 e. The minimum Gasteiger partial charge on any atom is -0.396 e. The van der Waals surface area contributed by atoms with Gasteiger partial charge in [-0.1, -0.05) is 6.92 Å². The summed E-state index contributed by atoms with van der Waals surface area (Å²) in [6, 6.07) is 4.24. The number of hydrogen-bond acceptors (Lipinski definition) is 3. The quantitative estimate of drug-likeness (QED) is 0.844. The molecule has 1 aromatic carbocycles. The number of benzene rings is 1. The van der Waals surface area contributed by atoms with Gasteiger partial charge < -0.3 is 10.6 Å². The molecule has 0 saturated carbocycles. The summed E-state index contributed by atoms with van der Waals surface area (Å²) in [5, 5.41) is 0. The number of amides is 1. The van der Waals surface area contributed by atoms with Gasteiger partial charge in [-0.3, -0.25) is 9.69 Å². The van der Waals surface area contributed by atoms with Crippen molar-refractivity contribution in [1.29, 1.82) is 0 Å². The maximum atomic E-state index is 13.4. The number of nitrogens with two attached hydrogens (primary N) is 1. The third-order valence-electron chi connectivity index (χ3n) is 3.45. The van der Waals surface area contributed by atoms with Crippen LogP contribution >= 0.6 is 0 Å². The molecule has 1 saturated heterocycles. The summed E-state index contributed by atoms with van der Waals surface area (Å²) >= 11 is 0. The predicted molar refractivity (Wildman–Crippen MR) is 73.4 cm³/mol. The van der Waals surface area contributed by atoms with E-state index in [0.29, 0.717) is 18.7 Å². The molecule has 0 radical (unpaired) electrons. The van der Waals surface area contributed by atoms with E-state index in [-0.39, 0.29) is 11.6 Å². The van der Waals surface area contributed by atoms with Gasteiger partial charge in [0, 0.05) is 31.7 Å². The lowest BCUT2D eigenvalue weighted by atomic mass is 10.1.